The fraction of sp³-hybridized carbons (Fsp3) is 0.382. The molecule has 3 heterocycles. The highest BCUT2D eigenvalue weighted by atomic mass is 32.1. The molecule has 2 aliphatic rings. The van der Waals surface area contributed by atoms with Crippen molar-refractivity contribution in [3.8, 4) is 23.0 Å². The number of halogens is 1. The molecule has 2 saturated heterocycles. The summed E-state index contributed by atoms with van der Waals surface area (Å²) in [5.41, 5.74) is 1.57. The number of thiophene rings is 1. The Morgan fingerprint density at radius 2 is 1.83 bits per heavy atom. The Bertz CT molecular complexity index is 1510. The molecular weight excluding hydrogens is 553 g/mol. The van der Waals surface area contributed by atoms with Gasteiger partial charge >= 0.3 is 0 Å². The van der Waals surface area contributed by atoms with Crippen molar-refractivity contribution in [3.63, 3.8) is 0 Å². The SMILES string of the molecule is Cc1ccccc1C(=O)c1sc2cc(OC3CCCCO3)ccc2c1Oc1ccc(OCCN2CC[C@@H](CF)C2)cc1. The predicted octanol–water partition coefficient (Wildman–Crippen LogP) is 7.81. The molecular formula is C34H36FNO5S. The zero-order valence-electron chi connectivity index (χ0n) is 23.9. The maximum atomic E-state index is 13.8. The van der Waals surface area contributed by atoms with Gasteiger partial charge in [-0.15, -0.1) is 11.3 Å². The first-order valence-electron chi connectivity index (χ1n) is 14.7. The van der Waals surface area contributed by atoms with Gasteiger partial charge in [-0.1, -0.05) is 24.3 Å². The van der Waals surface area contributed by atoms with Crippen molar-refractivity contribution in [2.75, 3.05) is 39.5 Å². The lowest BCUT2D eigenvalue weighted by atomic mass is 10.0. The van der Waals surface area contributed by atoms with Gasteiger partial charge in [0.25, 0.3) is 0 Å². The smallest absolute Gasteiger partial charge is 0.207 e. The van der Waals surface area contributed by atoms with Crippen LogP contribution in [0, 0.1) is 12.8 Å². The molecule has 0 spiro atoms. The molecule has 2 aliphatic heterocycles. The molecule has 8 heteroatoms. The molecule has 0 bridgehead atoms. The van der Waals surface area contributed by atoms with Crippen molar-refractivity contribution in [3.05, 3.63) is 82.7 Å². The van der Waals surface area contributed by atoms with Crippen LogP contribution in [-0.2, 0) is 4.74 Å². The molecule has 6 rings (SSSR count). The molecule has 0 aliphatic carbocycles. The van der Waals surface area contributed by atoms with Gasteiger partial charge in [-0.3, -0.25) is 14.1 Å². The number of nitrogens with zero attached hydrogens (tertiary/aromatic N) is 1. The lowest BCUT2D eigenvalue weighted by molar-refractivity contribution is -0.105. The molecule has 1 aromatic heterocycles. The van der Waals surface area contributed by atoms with E-state index >= 15 is 0 Å². The maximum absolute atomic E-state index is 13.8. The molecule has 6 nitrogen and oxygen atoms in total. The van der Waals surface area contributed by atoms with E-state index in [0.717, 1.165) is 66.7 Å². The number of carbonyl (C=O) groups is 1. The Balaban J connectivity index is 1.21. The van der Waals surface area contributed by atoms with Crippen LogP contribution in [0.4, 0.5) is 4.39 Å². The Hall–Kier alpha value is -3.46. The highest BCUT2D eigenvalue weighted by Crippen LogP contribution is 2.43. The van der Waals surface area contributed by atoms with Crippen molar-refractivity contribution >= 4 is 27.2 Å². The number of benzene rings is 3. The van der Waals surface area contributed by atoms with Gasteiger partial charge in [0.05, 0.1) is 13.3 Å². The summed E-state index contributed by atoms with van der Waals surface area (Å²) < 4.78 is 38.0. The van der Waals surface area contributed by atoms with Crippen LogP contribution in [0.15, 0.2) is 66.7 Å². The molecule has 0 N–H and O–H groups in total. The number of alkyl halides is 1. The normalized spacial score (nSPS) is 19.2. The zero-order valence-corrected chi connectivity index (χ0v) is 24.7. The molecule has 1 unspecified atom stereocenters. The van der Waals surface area contributed by atoms with Gasteiger partial charge in [-0.2, -0.15) is 0 Å². The number of hydrogen-bond acceptors (Lipinski definition) is 7. The van der Waals surface area contributed by atoms with Crippen molar-refractivity contribution in [2.45, 2.75) is 38.9 Å². The van der Waals surface area contributed by atoms with Crippen molar-refractivity contribution in [1.29, 1.82) is 0 Å². The summed E-state index contributed by atoms with van der Waals surface area (Å²) >= 11 is 1.41. The second kappa shape index (κ2) is 13.2. The van der Waals surface area contributed by atoms with E-state index in [1.54, 1.807) is 0 Å². The minimum atomic E-state index is -0.249. The third-order valence-corrected chi connectivity index (χ3v) is 9.06. The van der Waals surface area contributed by atoms with Crippen LogP contribution in [0.2, 0.25) is 0 Å². The molecule has 3 aromatic carbocycles. The minimum Gasteiger partial charge on any atom is -0.492 e. The number of carbonyl (C=O) groups excluding carboxylic acids is 1. The third kappa shape index (κ3) is 6.61. The lowest BCUT2D eigenvalue weighted by Crippen LogP contribution is -2.26. The van der Waals surface area contributed by atoms with E-state index in [2.05, 4.69) is 4.90 Å². The molecule has 2 fully saturated rings. The summed E-state index contributed by atoms with van der Waals surface area (Å²) in [5.74, 6) is 2.69. The van der Waals surface area contributed by atoms with Crippen LogP contribution >= 0.6 is 11.3 Å². The van der Waals surface area contributed by atoms with Crippen LogP contribution in [0.1, 0.15) is 46.5 Å². The second-order valence-corrected chi connectivity index (χ2v) is 12.1. The topological polar surface area (TPSA) is 57.2 Å². The Morgan fingerprint density at radius 3 is 2.60 bits per heavy atom. The first kappa shape index (κ1) is 28.6. The molecule has 2 atom stereocenters. The molecule has 4 aromatic rings. The third-order valence-electron chi connectivity index (χ3n) is 7.93. The number of rotatable bonds is 11. The van der Waals surface area contributed by atoms with Crippen LogP contribution in [0.3, 0.4) is 0 Å². The Morgan fingerprint density at radius 1 is 1.02 bits per heavy atom. The summed E-state index contributed by atoms with van der Waals surface area (Å²) in [4.78, 5) is 16.6. The first-order chi connectivity index (χ1) is 20.6. The van der Waals surface area contributed by atoms with Gasteiger partial charge in [0, 0.05) is 41.1 Å². The fourth-order valence-corrected chi connectivity index (χ4v) is 6.65. The second-order valence-electron chi connectivity index (χ2n) is 11.0. The Kier molecular flexibility index (Phi) is 9.03. The largest absolute Gasteiger partial charge is 0.492 e. The van der Waals surface area contributed by atoms with E-state index in [9.17, 15) is 9.18 Å². The summed E-state index contributed by atoms with van der Waals surface area (Å²) in [6, 6.07) is 20.9. The van der Waals surface area contributed by atoms with E-state index in [0.29, 0.717) is 40.9 Å². The van der Waals surface area contributed by atoms with Crippen LogP contribution in [-0.4, -0.2) is 56.5 Å². The van der Waals surface area contributed by atoms with Gasteiger partial charge in [0.1, 0.15) is 28.7 Å². The summed E-state index contributed by atoms with van der Waals surface area (Å²) in [5, 5.41) is 0.853. The highest BCUT2D eigenvalue weighted by Gasteiger charge is 2.25. The standard InChI is InChI=1S/C34H36FNO5S/c1-23-6-2-3-7-28(23)32(37)34-33(29-14-13-27(20-30(29)42-34)40-31-8-4-5-18-39-31)41-26-11-9-25(10-12-26)38-19-17-36-16-15-24(21-35)22-36/h2-3,6-7,9-14,20,24,31H,4-5,8,15-19,21-22H2,1H3/t24-,31?/m0/s1. The van der Waals surface area contributed by atoms with Gasteiger partial charge < -0.3 is 18.9 Å². The Labute approximate surface area is 250 Å². The van der Waals surface area contributed by atoms with E-state index in [-0.39, 0.29) is 24.7 Å². The van der Waals surface area contributed by atoms with Gasteiger partial charge in [0.2, 0.25) is 5.78 Å². The first-order valence-corrected chi connectivity index (χ1v) is 15.5. The number of hydrogen-bond donors (Lipinski definition) is 0. The number of ether oxygens (including phenoxy) is 4. The lowest BCUT2D eigenvalue weighted by Gasteiger charge is -2.23. The van der Waals surface area contributed by atoms with Crippen LogP contribution < -0.4 is 14.2 Å². The summed E-state index contributed by atoms with van der Waals surface area (Å²) in [6.45, 7) is 5.44. The zero-order chi connectivity index (χ0) is 28.9. The predicted molar refractivity (Wildman–Crippen MR) is 163 cm³/mol. The van der Waals surface area contributed by atoms with Crippen LogP contribution in [0.5, 0.6) is 23.0 Å². The average molecular weight is 590 g/mol. The monoisotopic (exact) mass is 589 g/mol. The van der Waals surface area contributed by atoms with Gasteiger partial charge in [0.15, 0.2) is 12.0 Å². The molecule has 0 radical (unpaired) electrons. The van der Waals surface area contributed by atoms with Gasteiger partial charge in [-0.25, -0.2) is 0 Å². The minimum absolute atomic E-state index is 0.0701. The van der Waals surface area contributed by atoms with E-state index in [4.69, 9.17) is 18.9 Å². The number of fused-ring (bicyclic) bond motifs is 1. The van der Waals surface area contributed by atoms with E-state index < -0.39 is 0 Å². The molecule has 0 amide bonds. The van der Waals surface area contributed by atoms with Crippen molar-refractivity contribution < 1.29 is 28.1 Å². The van der Waals surface area contributed by atoms with Crippen LogP contribution in [0.25, 0.3) is 10.1 Å². The summed E-state index contributed by atoms with van der Waals surface area (Å²) in [7, 11) is 0. The number of ketones is 1. The number of aryl methyl sites for hydroxylation is 1. The molecule has 0 saturated carbocycles. The van der Waals surface area contributed by atoms with E-state index in [1.165, 1.54) is 11.3 Å². The average Bonchev–Trinajstić information content (AvgIpc) is 3.63. The molecule has 220 valence electrons. The fourth-order valence-electron chi connectivity index (χ4n) is 5.54. The van der Waals surface area contributed by atoms with E-state index in [1.807, 2.05) is 73.7 Å². The number of likely N-dealkylation sites (tertiary alicyclic amines) is 1. The quantitative estimate of drug-likeness (QED) is 0.166. The maximum Gasteiger partial charge on any atom is 0.207 e. The summed E-state index contributed by atoms with van der Waals surface area (Å²) in [6.07, 6.45) is 3.68. The molecule has 42 heavy (non-hydrogen) atoms. The van der Waals surface area contributed by atoms with Gasteiger partial charge in [-0.05, 0) is 80.8 Å². The van der Waals surface area contributed by atoms with Crippen molar-refractivity contribution in [2.24, 2.45) is 5.92 Å². The highest BCUT2D eigenvalue weighted by molar-refractivity contribution is 7.21. The van der Waals surface area contributed by atoms with Crippen molar-refractivity contribution in [1.82, 2.24) is 4.90 Å².